The van der Waals surface area contributed by atoms with Gasteiger partial charge in [-0.1, -0.05) is 35.4 Å². The van der Waals surface area contributed by atoms with Crippen molar-refractivity contribution in [3.63, 3.8) is 0 Å². The number of hydrogen-bond donors (Lipinski definition) is 2. The molecule has 0 bridgehead atoms. The fraction of sp³-hybridized carbons (Fsp3) is 0.400. The summed E-state index contributed by atoms with van der Waals surface area (Å²) >= 11 is 0. The second-order valence-corrected chi connectivity index (χ2v) is 6.43. The Labute approximate surface area is 138 Å². The van der Waals surface area contributed by atoms with Crippen molar-refractivity contribution in [3.05, 3.63) is 58.7 Å². The van der Waals surface area contributed by atoms with Crippen LogP contribution in [-0.4, -0.2) is 22.4 Å². The summed E-state index contributed by atoms with van der Waals surface area (Å²) in [7, 11) is 0. The molecule has 0 aliphatic carbocycles. The SMILES string of the molecule is Cc1ccc(O)c(C[C@H](C)O)c1.Cc1ccc2c(c1)C[C@@H](C)O2. The average molecular weight is 314 g/mol. The van der Waals surface area contributed by atoms with Crippen molar-refractivity contribution in [3.8, 4) is 11.5 Å². The van der Waals surface area contributed by atoms with Gasteiger partial charge in [-0.15, -0.1) is 0 Å². The van der Waals surface area contributed by atoms with Crippen LogP contribution < -0.4 is 4.74 Å². The minimum absolute atomic E-state index is 0.265. The summed E-state index contributed by atoms with van der Waals surface area (Å²) in [6, 6.07) is 11.8. The van der Waals surface area contributed by atoms with Gasteiger partial charge in [0, 0.05) is 12.8 Å². The van der Waals surface area contributed by atoms with Crippen LogP contribution >= 0.6 is 0 Å². The van der Waals surface area contributed by atoms with E-state index in [4.69, 9.17) is 9.84 Å². The molecule has 1 aliphatic heterocycles. The van der Waals surface area contributed by atoms with Gasteiger partial charge < -0.3 is 14.9 Å². The number of phenolic OH excluding ortho intramolecular Hbond substituents is 1. The summed E-state index contributed by atoms with van der Waals surface area (Å²) < 4.78 is 5.56. The van der Waals surface area contributed by atoms with Gasteiger partial charge in [-0.25, -0.2) is 0 Å². The number of rotatable bonds is 2. The number of benzene rings is 2. The van der Waals surface area contributed by atoms with Crippen LogP contribution in [0.5, 0.6) is 11.5 Å². The van der Waals surface area contributed by atoms with Gasteiger partial charge in [0.15, 0.2) is 0 Å². The molecule has 3 nitrogen and oxygen atoms in total. The first-order valence-electron chi connectivity index (χ1n) is 8.08. The lowest BCUT2D eigenvalue weighted by molar-refractivity contribution is 0.194. The van der Waals surface area contributed by atoms with Gasteiger partial charge in [0.25, 0.3) is 0 Å². The van der Waals surface area contributed by atoms with E-state index in [-0.39, 0.29) is 5.75 Å². The smallest absolute Gasteiger partial charge is 0.123 e. The molecule has 0 saturated heterocycles. The summed E-state index contributed by atoms with van der Waals surface area (Å²) in [5, 5.41) is 18.5. The Hall–Kier alpha value is -2.00. The molecule has 3 rings (SSSR count). The second-order valence-electron chi connectivity index (χ2n) is 6.43. The lowest BCUT2D eigenvalue weighted by Crippen LogP contribution is -2.05. The van der Waals surface area contributed by atoms with E-state index >= 15 is 0 Å². The van der Waals surface area contributed by atoms with Gasteiger partial charge in [0.2, 0.25) is 0 Å². The minimum Gasteiger partial charge on any atom is -0.508 e. The number of aryl methyl sites for hydroxylation is 2. The molecule has 2 N–H and O–H groups in total. The van der Waals surface area contributed by atoms with Gasteiger partial charge in [-0.2, -0.15) is 0 Å². The van der Waals surface area contributed by atoms with Crippen LogP contribution in [0, 0.1) is 13.8 Å². The van der Waals surface area contributed by atoms with E-state index in [1.54, 1.807) is 13.0 Å². The molecule has 2 aromatic rings. The molecule has 0 amide bonds. The maximum atomic E-state index is 9.37. The quantitative estimate of drug-likeness (QED) is 0.882. The Morgan fingerprint density at radius 3 is 2.48 bits per heavy atom. The third-order valence-corrected chi connectivity index (χ3v) is 3.80. The third kappa shape index (κ3) is 5.00. The summed E-state index contributed by atoms with van der Waals surface area (Å²) in [6.45, 7) is 7.89. The number of phenols is 1. The van der Waals surface area contributed by atoms with Crippen molar-refractivity contribution in [2.45, 2.75) is 52.7 Å². The Balaban J connectivity index is 0.000000167. The molecule has 2 atom stereocenters. The first kappa shape index (κ1) is 17.4. The van der Waals surface area contributed by atoms with Crippen LogP contribution in [0.25, 0.3) is 0 Å². The van der Waals surface area contributed by atoms with Gasteiger partial charge >= 0.3 is 0 Å². The number of aliphatic hydroxyl groups excluding tert-OH is 1. The molecule has 124 valence electrons. The molecule has 3 heteroatoms. The predicted octanol–water partition coefficient (Wildman–Crippen LogP) is 3.94. The van der Waals surface area contributed by atoms with E-state index in [2.05, 4.69) is 32.0 Å². The summed E-state index contributed by atoms with van der Waals surface area (Å²) in [5.74, 6) is 1.34. The van der Waals surface area contributed by atoms with Crippen LogP contribution in [0.1, 0.15) is 36.1 Å². The normalized spacial score (nSPS) is 16.8. The molecular formula is C20H26O3. The van der Waals surface area contributed by atoms with Crippen LogP contribution in [0.15, 0.2) is 36.4 Å². The lowest BCUT2D eigenvalue weighted by atomic mass is 10.1. The average Bonchev–Trinajstić information content (AvgIpc) is 2.82. The molecule has 0 aromatic heterocycles. The van der Waals surface area contributed by atoms with E-state index in [0.29, 0.717) is 12.5 Å². The standard InChI is InChI=1S/C10H14O2.C10H12O/c1-7-3-4-10(12)9(5-7)6-8(2)11;1-7-3-4-10-9(5-7)6-8(2)11-10/h3-5,8,11-12H,6H2,1-2H3;3-5,8H,6H2,1-2H3/t2*8-/m01/s1. The Morgan fingerprint density at radius 1 is 1.13 bits per heavy atom. The van der Waals surface area contributed by atoms with Crippen LogP contribution in [-0.2, 0) is 12.8 Å². The summed E-state index contributed by atoms with van der Waals surface area (Å²) in [4.78, 5) is 0. The Kier molecular flexibility index (Phi) is 5.67. The molecule has 0 spiro atoms. The van der Waals surface area contributed by atoms with Crippen LogP contribution in [0.3, 0.4) is 0 Å². The largest absolute Gasteiger partial charge is 0.508 e. The molecule has 0 fully saturated rings. The van der Waals surface area contributed by atoms with Gasteiger partial charge in [-0.05, 0) is 51.0 Å². The topological polar surface area (TPSA) is 49.7 Å². The second kappa shape index (κ2) is 7.51. The highest BCUT2D eigenvalue weighted by Crippen LogP contribution is 2.28. The zero-order chi connectivity index (χ0) is 17.0. The Bertz CT molecular complexity index is 662. The molecule has 1 aliphatic rings. The van der Waals surface area contributed by atoms with Gasteiger partial charge in [0.05, 0.1) is 6.10 Å². The monoisotopic (exact) mass is 314 g/mol. The van der Waals surface area contributed by atoms with E-state index < -0.39 is 6.10 Å². The highest BCUT2D eigenvalue weighted by Gasteiger charge is 2.17. The maximum Gasteiger partial charge on any atom is 0.123 e. The Morgan fingerprint density at radius 2 is 1.78 bits per heavy atom. The number of ether oxygens (including phenoxy) is 1. The van der Waals surface area contributed by atoms with E-state index in [9.17, 15) is 5.11 Å². The molecule has 0 radical (unpaired) electrons. The fourth-order valence-corrected chi connectivity index (χ4v) is 2.75. The molecule has 1 heterocycles. The maximum absolute atomic E-state index is 9.37. The van der Waals surface area contributed by atoms with Crippen molar-refractivity contribution in [1.29, 1.82) is 0 Å². The molecule has 2 aromatic carbocycles. The minimum atomic E-state index is -0.405. The van der Waals surface area contributed by atoms with Crippen molar-refractivity contribution < 1.29 is 14.9 Å². The van der Waals surface area contributed by atoms with E-state index in [1.165, 1.54) is 11.1 Å². The zero-order valence-electron chi connectivity index (χ0n) is 14.3. The fourth-order valence-electron chi connectivity index (χ4n) is 2.75. The number of aromatic hydroxyl groups is 1. The summed E-state index contributed by atoms with van der Waals surface area (Å²) in [6.07, 6.45) is 1.54. The van der Waals surface area contributed by atoms with Crippen molar-refractivity contribution in [2.75, 3.05) is 0 Å². The molecular weight excluding hydrogens is 288 g/mol. The van der Waals surface area contributed by atoms with Crippen molar-refractivity contribution in [1.82, 2.24) is 0 Å². The molecule has 0 saturated carbocycles. The number of hydrogen-bond acceptors (Lipinski definition) is 3. The van der Waals surface area contributed by atoms with Crippen LogP contribution in [0.4, 0.5) is 0 Å². The number of aliphatic hydroxyl groups is 1. The third-order valence-electron chi connectivity index (χ3n) is 3.80. The lowest BCUT2D eigenvalue weighted by Gasteiger charge is -2.07. The van der Waals surface area contributed by atoms with Crippen LogP contribution in [0.2, 0.25) is 0 Å². The van der Waals surface area contributed by atoms with Gasteiger partial charge in [0.1, 0.15) is 17.6 Å². The van der Waals surface area contributed by atoms with Crippen molar-refractivity contribution in [2.24, 2.45) is 0 Å². The summed E-state index contributed by atoms with van der Waals surface area (Å²) in [5.41, 5.74) is 4.59. The highest BCUT2D eigenvalue weighted by atomic mass is 16.5. The van der Waals surface area contributed by atoms with Gasteiger partial charge in [-0.3, -0.25) is 0 Å². The highest BCUT2D eigenvalue weighted by molar-refractivity contribution is 5.40. The molecule has 23 heavy (non-hydrogen) atoms. The van der Waals surface area contributed by atoms with E-state index in [1.807, 2.05) is 19.1 Å². The predicted molar refractivity (Wildman–Crippen MR) is 93.2 cm³/mol. The zero-order valence-corrected chi connectivity index (χ0v) is 14.3. The first-order valence-corrected chi connectivity index (χ1v) is 8.08. The van der Waals surface area contributed by atoms with Crippen molar-refractivity contribution >= 4 is 0 Å². The first-order chi connectivity index (χ1) is 10.8. The van der Waals surface area contributed by atoms with E-state index in [0.717, 1.165) is 23.3 Å². The molecule has 0 unspecified atom stereocenters. The number of fused-ring (bicyclic) bond motifs is 1.